The lowest BCUT2D eigenvalue weighted by molar-refractivity contribution is -0.137. The Labute approximate surface area is 98.7 Å². The summed E-state index contributed by atoms with van der Waals surface area (Å²) in [5.41, 5.74) is 0. The maximum Gasteiger partial charge on any atom is 0.318 e. The first kappa shape index (κ1) is 11.8. The normalized spacial score (nSPS) is 25.4. The molecule has 0 saturated carbocycles. The van der Waals surface area contributed by atoms with E-state index in [4.69, 9.17) is 4.74 Å². The van der Waals surface area contributed by atoms with E-state index in [2.05, 4.69) is 5.32 Å². The van der Waals surface area contributed by atoms with Crippen LogP contribution >= 0.6 is 0 Å². The summed E-state index contributed by atoms with van der Waals surface area (Å²) in [6.45, 7) is 2.03. The van der Waals surface area contributed by atoms with Crippen LogP contribution in [0.4, 0.5) is 4.79 Å². The third-order valence-corrected chi connectivity index (χ3v) is 2.98. The highest BCUT2D eigenvalue weighted by molar-refractivity contribution is 6.06. The van der Waals surface area contributed by atoms with Crippen molar-refractivity contribution >= 4 is 17.8 Å². The lowest BCUT2D eigenvalue weighted by atomic mass is 10.2. The minimum Gasteiger partial charge on any atom is -0.378 e. The lowest BCUT2D eigenvalue weighted by Gasteiger charge is -2.27. The molecular weight excluding hydrogens is 226 g/mol. The Morgan fingerprint density at radius 3 is 2.53 bits per heavy atom. The molecular formula is C10H15N3O4. The zero-order chi connectivity index (χ0) is 12.4. The van der Waals surface area contributed by atoms with Gasteiger partial charge in [0.1, 0.15) is 6.04 Å². The molecule has 1 N–H and O–H groups in total. The summed E-state index contributed by atoms with van der Waals surface area (Å²) in [6, 6.07) is -1.03. The molecule has 2 aliphatic heterocycles. The first-order valence-corrected chi connectivity index (χ1v) is 5.53. The molecule has 2 aliphatic rings. The smallest absolute Gasteiger partial charge is 0.318 e. The Morgan fingerprint density at radius 2 is 2.00 bits per heavy atom. The van der Waals surface area contributed by atoms with E-state index in [9.17, 15) is 14.4 Å². The molecule has 2 fully saturated rings. The van der Waals surface area contributed by atoms with E-state index < -0.39 is 6.04 Å². The van der Waals surface area contributed by atoms with E-state index in [1.54, 1.807) is 4.90 Å². The standard InChI is InChI=1S/C10H15N3O4/c1-12-8(14)6-7(9(12)15)11-10(16)13-2-4-17-5-3-13/h7H,2-6H2,1H3,(H,11,16). The predicted molar refractivity (Wildman–Crippen MR) is 57.1 cm³/mol. The Kier molecular flexibility index (Phi) is 3.28. The fraction of sp³-hybridized carbons (Fsp3) is 0.700. The minimum absolute atomic E-state index is 0.0470. The Bertz CT molecular complexity index is 351. The summed E-state index contributed by atoms with van der Waals surface area (Å²) in [4.78, 5) is 37.3. The Morgan fingerprint density at radius 1 is 1.35 bits per heavy atom. The van der Waals surface area contributed by atoms with E-state index in [0.29, 0.717) is 26.3 Å². The number of nitrogens with one attached hydrogen (secondary N) is 1. The summed E-state index contributed by atoms with van der Waals surface area (Å²) in [6.07, 6.45) is 0.0470. The van der Waals surface area contributed by atoms with Crippen LogP contribution in [0.5, 0.6) is 0 Å². The second-order valence-corrected chi connectivity index (χ2v) is 4.10. The third kappa shape index (κ3) is 2.38. The first-order chi connectivity index (χ1) is 8.09. The number of amides is 4. The van der Waals surface area contributed by atoms with Gasteiger partial charge in [-0.2, -0.15) is 0 Å². The number of nitrogens with zero attached hydrogens (tertiary/aromatic N) is 2. The molecule has 0 aromatic carbocycles. The largest absolute Gasteiger partial charge is 0.378 e. The summed E-state index contributed by atoms with van der Waals surface area (Å²) in [5, 5.41) is 2.58. The molecule has 0 bridgehead atoms. The maximum atomic E-state index is 11.8. The zero-order valence-corrected chi connectivity index (χ0v) is 9.64. The highest BCUT2D eigenvalue weighted by Crippen LogP contribution is 2.11. The molecule has 1 atom stereocenters. The number of ether oxygens (including phenoxy) is 1. The fourth-order valence-corrected chi connectivity index (χ4v) is 1.88. The molecule has 0 aliphatic carbocycles. The molecule has 0 aromatic rings. The number of morpholine rings is 1. The molecule has 4 amide bonds. The van der Waals surface area contributed by atoms with Crippen molar-refractivity contribution in [3.8, 4) is 0 Å². The number of hydrogen-bond donors (Lipinski definition) is 1. The van der Waals surface area contributed by atoms with Gasteiger partial charge in [-0.1, -0.05) is 0 Å². The molecule has 0 radical (unpaired) electrons. The Balaban J connectivity index is 1.90. The SMILES string of the molecule is CN1C(=O)CC(NC(=O)N2CCOCC2)C1=O. The van der Waals surface area contributed by atoms with Crippen LogP contribution in [-0.4, -0.2) is 67.0 Å². The quantitative estimate of drug-likeness (QED) is 0.584. The molecule has 94 valence electrons. The predicted octanol–water partition coefficient (Wildman–Crippen LogP) is -1.21. The molecule has 0 spiro atoms. The van der Waals surface area contributed by atoms with E-state index in [1.807, 2.05) is 0 Å². The summed E-state index contributed by atoms with van der Waals surface area (Å²) in [7, 11) is 1.42. The van der Waals surface area contributed by atoms with Gasteiger partial charge in [0.2, 0.25) is 5.91 Å². The van der Waals surface area contributed by atoms with Crippen molar-refractivity contribution in [1.29, 1.82) is 0 Å². The topological polar surface area (TPSA) is 79.0 Å². The number of carbonyl (C=O) groups is 3. The number of imide groups is 1. The first-order valence-electron chi connectivity index (χ1n) is 5.53. The van der Waals surface area contributed by atoms with Gasteiger partial charge in [0, 0.05) is 20.1 Å². The fourth-order valence-electron chi connectivity index (χ4n) is 1.88. The van der Waals surface area contributed by atoms with Crippen LogP contribution in [0.15, 0.2) is 0 Å². The highest BCUT2D eigenvalue weighted by Gasteiger charge is 2.37. The van der Waals surface area contributed by atoms with Gasteiger partial charge in [-0.25, -0.2) is 4.79 Å². The van der Waals surface area contributed by atoms with Gasteiger partial charge in [-0.15, -0.1) is 0 Å². The monoisotopic (exact) mass is 241 g/mol. The van der Waals surface area contributed by atoms with Crippen molar-refractivity contribution in [2.45, 2.75) is 12.5 Å². The van der Waals surface area contributed by atoms with Gasteiger partial charge in [0.15, 0.2) is 0 Å². The van der Waals surface area contributed by atoms with Gasteiger partial charge in [0.25, 0.3) is 5.91 Å². The minimum atomic E-state index is -0.720. The molecule has 2 heterocycles. The second kappa shape index (κ2) is 4.70. The molecule has 7 heteroatoms. The molecule has 2 saturated heterocycles. The van der Waals surface area contributed by atoms with Gasteiger partial charge in [0.05, 0.1) is 19.6 Å². The van der Waals surface area contributed by atoms with E-state index in [-0.39, 0.29) is 24.3 Å². The molecule has 17 heavy (non-hydrogen) atoms. The van der Waals surface area contributed by atoms with Crippen LogP contribution in [0.2, 0.25) is 0 Å². The second-order valence-electron chi connectivity index (χ2n) is 4.10. The number of rotatable bonds is 1. The van der Waals surface area contributed by atoms with Crippen LogP contribution in [0.1, 0.15) is 6.42 Å². The summed E-state index contributed by atoms with van der Waals surface area (Å²) < 4.78 is 5.12. The number of carbonyl (C=O) groups excluding carboxylic acids is 3. The molecule has 2 rings (SSSR count). The maximum absolute atomic E-state index is 11.8. The number of hydrogen-bond acceptors (Lipinski definition) is 4. The van der Waals surface area contributed by atoms with Crippen LogP contribution < -0.4 is 5.32 Å². The van der Waals surface area contributed by atoms with Crippen LogP contribution in [0.25, 0.3) is 0 Å². The number of likely N-dealkylation sites (tertiary alicyclic amines) is 1. The van der Waals surface area contributed by atoms with Crippen LogP contribution in [0.3, 0.4) is 0 Å². The van der Waals surface area contributed by atoms with Gasteiger partial charge < -0.3 is 15.0 Å². The summed E-state index contributed by atoms with van der Waals surface area (Å²) in [5.74, 6) is -0.612. The van der Waals surface area contributed by atoms with Gasteiger partial charge in [-0.05, 0) is 0 Å². The molecule has 7 nitrogen and oxygen atoms in total. The van der Waals surface area contributed by atoms with E-state index in [0.717, 1.165) is 4.90 Å². The average molecular weight is 241 g/mol. The summed E-state index contributed by atoms with van der Waals surface area (Å²) >= 11 is 0. The van der Waals surface area contributed by atoms with Crippen molar-refractivity contribution in [2.24, 2.45) is 0 Å². The lowest BCUT2D eigenvalue weighted by Crippen LogP contribution is -2.50. The average Bonchev–Trinajstić information content (AvgIpc) is 2.58. The van der Waals surface area contributed by atoms with Crippen LogP contribution in [-0.2, 0) is 14.3 Å². The molecule has 0 aromatic heterocycles. The highest BCUT2D eigenvalue weighted by atomic mass is 16.5. The van der Waals surface area contributed by atoms with Crippen molar-refractivity contribution in [2.75, 3.05) is 33.4 Å². The van der Waals surface area contributed by atoms with Crippen molar-refractivity contribution < 1.29 is 19.1 Å². The van der Waals surface area contributed by atoms with Gasteiger partial charge >= 0.3 is 6.03 Å². The van der Waals surface area contributed by atoms with E-state index in [1.165, 1.54) is 7.05 Å². The number of urea groups is 1. The van der Waals surface area contributed by atoms with E-state index >= 15 is 0 Å². The van der Waals surface area contributed by atoms with Crippen molar-refractivity contribution in [1.82, 2.24) is 15.1 Å². The van der Waals surface area contributed by atoms with Gasteiger partial charge in [-0.3, -0.25) is 14.5 Å². The van der Waals surface area contributed by atoms with Crippen LogP contribution in [0, 0.1) is 0 Å². The molecule has 1 unspecified atom stereocenters. The number of likely N-dealkylation sites (N-methyl/N-ethyl adjacent to an activating group) is 1. The Hall–Kier alpha value is -1.63. The zero-order valence-electron chi connectivity index (χ0n) is 9.64. The van der Waals surface area contributed by atoms with Crippen molar-refractivity contribution in [3.05, 3.63) is 0 Å². The van der Waals surface area contributed by atoms with Crippen molar-refractivity contribution in [3.63, 3.8) is 0 Å². The third-order valence-electron chi connectivity index (χ3n) is 2.98.